The van der Waals surface area contributed by atoms with Crippen LogP contribution >= 0.6 is 0 Å². The largest absolute Gasteiger partial charge is 0.331 e. The molecule has 88 valence electrons. The van der Waals surface area contributed by atoms with E-state index in [0.29, 0.717) is 0 Å². The van der Waals surface area contributed by atoms with Crippen LogP contribution in [0.4, 0.5) is 0 Å². The first-order valence-electron chi connectivity index (χ1n) is 5.83. The quantitative estimate of drug-likeness (QED) is 0.513. The van der Waals surface area contributed by atoms with Crippen molar-refractivity contribution < 1.29 is 0 Å². The lowest BCUT2D eigenvalue weighted by Crippen LogP contribution is -2.16. The minimum Gasteiger partial charge on any atom is -0.331 e. The van der Waals surface area contributed by atoms with Crippen molar-refractivity contribution in [1.82, 2.24) is 9.55 Å². The number of nitrogens with zero attached hydrogens (tertiary/aromatic N) is 2. The van der Waals surface area contributed by atoms with Gasteiger partial charge >= 0.3 is 0 Å². The summed E-state index contributed by atoms with van der Waals surface area (Å²) in [6.45, 7) is 8.79. The topological polar surface area (TPSA) is 17.8 Å². The van der Waals surface area contributed by atoms with Crippen molar-refractivity contribution in [2.24, 2.45) is 7.05 Å². The average Bonchev–Trinajstić information content (AvgIpc) is 2.51. The average molecular weight is 242 g/mol. The van der Waals surface area contributed by atoms with Crippen molar-refractivity contribution in [2.75, 3.05) is 0 Å². The number of fused-ring (bicyclic) bond motifs is 1. The summed E-state index contributed by atoms with van der Waals surface area (Å²) >= 11 is 0. The Bertz CT molecular complexity index is 621. The maximum atomic E-state index is 4.49. The van der Waals surface area contributed by atoms with Crippen LogP contribution in [0.1, 0.15) is 11.4 Å². The van der Waals surface area contributed by atoms with Crippen LogP contribution in [0.25, 0.3) is 11.0 Å². The standard InChI is InChI=1S/C14H18N2Si/c1-11-15-13-7-6-12(8-9-17(3,4)5)10-14(13)16(11)2/h6-7,10H,1-5H3. The van der Waals surface area contributed by atoms with E-state index in [0.717, 1.165) is 22.4 Å². The Morgan fingerprint density at radius 2 is 1.94 bits per heavy atom. The molecule has 0 atom stereocenters. The highest BCUT2D eigenvalue weighted by Crippen LogP contribution is 2.16. The highest BCUT2D eigenvalue weighted by molar-refractivity contribution is 6.83. The van der Waals surface area contributed by atoms with Gasteiger partial charge in [0, 0.05) is 12.6 Å². The third kappa shape index (κ3) is 2.59. The van der Waals surface area contributed by atoms with Crippen LogP contribution in [-0.2, 0) is 7.05 Å². The highest BCUT2D eigenvalue weighted by atomic mass is 28.3. The Labute approximate surface area is 104 Å². The monoisotopic (exact) mass is 242 g/mol. The van der Waals surface area contributed by atoms with Crippen molar-refractivity contribution in [3.8, 4) is 11.5 Å². The smallest absolute Gasteiger partial charge is 0.129 e. The molecule has 1 aromatic carbocycles. The summed E-state index contributed by atoms with van der Waals surface area (Å²) in [5.74, 6) is 4.32. The summed E-state index contributed by atoms with van der Waals surface area (Å²) in [5.41, 5.74) is 6.68. The van der Waals surface area contributed by atoms with Crippen LogP contribution in [0.5, 0.6) is 0 Å². The first kappa shape index (κ1) is 11.9. The van der Waals surface area contributed by atoms with Gasteiger partial charge in [-0.3, -0.25) is 0 Å². The minimum atomic E-state index is -1.30. The molecule has 0 fully saturated rings. The molecule has 0 spiro atoms. The van der Waals surface area contributed by atoms with Gasteiger partial charge in [-0.15, -0.1) is 5.54 Å². The summed E-state index contributed by atoms with van der Waals surface area (Å²) in [5, 5.41) is 0. The number of hydrogen-bond acceptors (Lipinski definition) is 1. The summed E-state index contributed by atoms with van der Waals surface area (Å²) in [6, 6.07) is 6.24. The molecular weight excluding hydrogens is 224 g/mol. The lowest BCUT2D eigenvalue weighted by molar-refractivity contribution is 0.886. The van der Waals surface area contributed by atoms with Crippen LogP contribution in [0.3, 0.4) is 0 Å². The molecule has 0 saturated heterocycles. The fourth-order valence-corrected chi connectivity index (χ4v) is 2.17. The van der Waals surface area contributed by atoms with E-state index in [1.165, 1.54) is 0 Å². The zero-order valence-corrected chi connectivity index (χ0v) is 12.1. The fourth-order valence-electron chi connectivity index (χ4n) is 1.65. The van der Waals surface area contributed by atoms with Gasteiger partial charge in [0.2, 0.25) is 0 Å². The van der Waals surface area contributed by atoms with Crippen molar-refractivity contribution in [3.63, 3.8) is 0 Å². The van der Waals surface area contributed by atoms with E-state index in [2.05, 4.69) is 58.9 Å². The normalized spacial score (nSPS) is 11.4. The van der Waals surface area contributed by atoms with Crippen molar-refractivity contribution in [3.05, 3.63) is 29.6 Å². The van der Waals surface area contributed by atoms with Gasteiger partial charge in [0.05, 0.1) is 11.0 Å². The van der Waals surface area contributed by atoms with Crippen LogP contribution < -0.4 is 0 Å². The van der Waals surface area contributed by atoms with Gasteiger partial charge in [0.1, 0.15) is 13.9 Å². The summed E-state index contributed by atoms with van der Waals surface area (Å²) in [7, 11) is 0.743. The molecule has 3 heteroatoms. The third-order valence-corrected chi connectivity index (χ3v) is 3.56. The number of rotatable bonds is 0. The van der Waals surface area contributed by atoms with E-state index in [1.807, 2.05) is 14.0 Å². The first-order chi connectivity index (χ1) is 7.87. The van der Waals surface area contributed by atoms with Gasteiger partial charge in [0.15, 0.2) is 0 Å². The zero-order valence-electron chi connectivity index (χ0n) is 11.1. The van der Waals surface area contributed by atoms with Crippen molar-refractivity contribution in [1.29, 1.82) is 0 Å². The second-order valence-electron chi connectivity index (χ2n) is 5.42. The van der Waals surface area contributed by atoms with Crippen LogP contribution in [0.2, 0.25) is 19.6 Å². The molecule has 0 aliphatic heterocycles. The molecule has 17 heavy (non-hydrogen) atoms. The SMILES string of the molecule is Cc1nc2ccc(C#C[Si](C)(C)C)cc2n1C. The molecule has 0 aliphatic rings. The third-order valence-electron chi connectivity index (χ3n) is 2.69. The summed E-state index contributed by atoms with van der Waals surface area (Å²) in [4.78, 5) is 4.49. The zero-order chi connectivity index (χ0) is 12.6. The van der Waals surface area contributed by atoms with E-state index in [4.69, 9.17) is 0 Å². The second kappa shape index (κ2) is 4.05. The fraction of sp³-hybridized carbons (Fsp3) is 0.357. The second-order valence-corrected chi connectivity index (χ2v) is 10.2. The van der Waals surface area contributed by atoms with E-state index in [9.17, 15) is 0 Å². The molecule has 2 rings (SSSR count). The summed E-state index contributed by atoms with van der Waals surface area (Å²) < 4.78 is 2.11. The van der Waals surface area contributed by atoms with E-state index < -0.39 is 8.07 Å². The van der Waals surface area contributed by atoms with Gasteiger partial charge in [-0.05, 0) is 25.1 Å². The molecule has 2 aromatic rings. The molecule has 1 aromatic heterocycles. The van der Waals surface area contributed by atoms with Gasteiger partial charge in [-0.1, -0.05) is 25.6 Å². The Morgan fingerprint density at radius 1 is 1.24 bits per heavy atom. The van der Waals surface area contributed by atoms with E-state index in [-0.39, 0.29) is 0 Å². The van der Waals surface area contributed by atoms with E-state index >= 15 is 0 Å². The highest BCUT2D eigenvalue weighted by Gasteiger charge is 2.08. The summed E-state index contributed by atoms with van der Waals surface area (Å²) in [6.07, 6.45) is 0. The number of benzene rings is 1. The molecule has 0 saturated carbocycles. The lowest BCUT2D eigenvalue weighted by atomic mass is 10.2. The van der Waals surface area contributed by atoms with Crippen LogP contribution in [0.15, 0.2) is 18.2 Å². The molecule has 1 heterocycles. The maximum Gasteiger partial charge on any atom is 0.129 e. The number of aryl methyl sites for hydroxylation is 2. The predicted molar refractivity (Wildman–Crippen MR) is 75.7 cm³/mol. The molecule has 0 aliphatic carbocycles. The van der Waals surface area contributed by atoms with Gasteiger partial charge in [0.25, 0.3) is 0 Å². The first-order valence-corrected chi connectivity index (χ1v) is 9.33. The molecule has 0 radical (unpaired) electrons. The Balaban J connectivity index is 2.50. The van der Waals surface area contributed by atoms with Crippen LogP contribution in [0, 0.1) is 18.4 Å². The molecule has 2 nitrogen and oxygen atoms in total. The molecule has 0 N–H and O–H groups in total. The van der Waals surface area contributed by atoms with Gasteiger partial charge in [-0.25, -0.2) is 4.98 Å². The predicted octanol–water partition coefficient (Wildman–Crippen LogP) is 3.11. The Kier molecular flexibility index (Phi) is 2.84. The van der Waals surface area contributed by atoms with Gasteiger partial charge < -0.3 is 4.57 Å². The Hall–Kier alpha value is -1.53. The number of imidazole rings is 1. The minimum absolute atomic E-state index is 1.04. The number of hydrogen-bond donors (Lipinski definition) is 0. The molecule has 0 amide bonds. The van der Waals surface area contributed by atoms with Gasteiger partial charge in [-0.2, -0.15) is 0 Å². The van der Waals surface area contributed by atoms with E-state index in [1.54, 1.807) is 0 Å². The molecular formula is C14H18N2Si. The number of aromatic nitrogens is 2. The van der Waals surface area contributed by atoms with Crippen LogP contribution in [-0.4, -0.2) is 17.6 Å². The Morgan fingerprint density at radius 3 is 2.59 bits per heavy atom. The molecule has 0 bridgehead atoms. The van der Waals surface area contributed by atoms with Crippen molar-refractivity contribution in [2.45, 2.75) is 26.6 Å². The van der Waals surface area contributed by atoms with Crippen molar-refractivity contribution >= 4 is 19.1 Å². The lowest BCUT2D eigenvalue weighted by Gasteiger charge is -2.03. The maximum absolute atomic E-state index is 4.49. The molecule has 0 unspecified atom stereocenters.